The lowest BCUT2D eigenvalue weighted by Crippen LogP contribution is -2.23. The number of alkyl halides is 3. The van der Waals surface area contributed by atoms with E-state index in [-0.39, 0.29) is 22.8 Å². The number of nitrogens with zero attached hydrogens (tertiary/aromatic N) is 1. The molecule has 0 unspecified atom stereocenters. The van der Waals surface area contributed by atoms with Crippen molar-refractivity contribution >= 4 is 12.9 Å². The van der Waals surface area contributed by atoms with Gasteiger partial charge in [0, 0.05) is 5.56 Å². The van der Waals surface area contributed by atoms with Crippen LogP contribution in [0.25, 0.3) is 11.3 Å². The van der Waals surface area contributed by atoms with E-state index in [2.05, 4.69) is 9.68 Å². The SMILES string of the molecule is Cc1ccc(-c2noc(C(F)(F)F)c2P(=O)(Oc2ccccc2)Oc2ccccc2)cc1. The summed E-state index contributed by atoms with van der Waals surface area (Å²) in [6, 6.07) is 22.2. The average molecular weight is 459 g/mol. The molecule has 0 saturated carbocycles. The Morgan fingerprint density at radius 1 is 0.812 bits per heavy atom. The van der Waals surface area contributed by atoms with E-state index in [9.17, 15) is 17.7 Å². The van der Waals surface area contributed by atoms with E-state index in [1.807, 2.05) is 6.92 Å². The van der Waals surface area contributed by atoms with Crippen molar-refractivity contribution in [2.45, 2.75) is 13.1 Å². The third kappa shape index (κ3) is 4.55. The van der Waals surface area contributed by atoms with Crippen molar-refractivity contribution in [3.63, 3.8) is 0 Å². The summed E-state index contributed by atoms with van der Waals surface area (Å²) in [6.07, 6.45) is -4.99. The largest absolute Gasteiger partial charge is 0.469 e. The van der Waals surface area contributed by atoms with Gasteiger partial charge in [-0.2, -0.15) is 13.2 Å². The molecule has 9 heteroatoms. The van der Waals surface area contributed by atoms with Crippen molar-refractivity contribution in [3.8, 4) is 22.8 Å². The zero-order valence-electron chi connectivity index (χ0n) is 16.7. The maximum absolute atomic E-state index is 14.1. The number of aryl methyl sites for hydroxylation is 1. The van der Waals surface area contributed by atoms with Gasteiger partial charge in [0.15, 0.2) is 5.30 Å². The van der Waals surface area contributed by atoms with Gasteiger partial charge in [-0.05, 0) is 31.2 Å². The maximum Gasteiger partial charge on any atom is 0.469 e. The number of benzene rings is 3. The minimum atomic E-state index is -4.99. The summed E-state index contributed by atoms with van der Waals surface area (Å²) in [7, 11) is -4.69. The van der Waals surface area contributed by atoms with Gasteiger partial charge in [-0.3, -0.25) is 0 Å². The van der Waals surface area contributed by atoms with Crippen molar-refractivity contribution in [3.05, 3.63) is 96.3 Å². The van der Waals surface area contributed by atoms with Crippen molar-refractivity contribution in [2.24, 2.45) is 0 Å². The van der Waals surface area contributed by atoms with Gasteiger partial charge in [-0.25, -0.2) is 4.57 Å². The van der Waals surface area contributed by atoms with Crippen LogP contribution in [0, 0.1) is 6.92 Å². The highest BCUT2D eigenvalue weighted by Gasteiger charge is 2.50. The minimum Gasteiger partial charge on any atom is -0.413 e. The molecule has 0 spiro atoms. The van der Waals surface area contributed by atoms with Crippen molar-refractivity contribution in [1.82, 2.24) is 5.16 Å². The molecule has 0 N–H and O–H groups in total. The Morgan fingerprint density at radius 2 is 1.31 bits per heavy atom. The van der Waals surface area contributed by atoms with Crippen LogP contribution < -0.4 is 14.4 Å². The second-order valence-corrected chi connectivity index (χ2v) is 8.69. The third-order valence-electron chi connectivity index (χ3n) is 4.46. The lowest BCUT2D eigenvalue weighted by atomic mass is 10.1. The van der Waals surface area contributed by atoms with Crippen LogP contribution in [-0.2, 0) is 10.7 Å². The molecule has 0 aliphatic rings. The molecular weight excluding hydrogens is 442 g/mol. The van der Waals surface area contributed by atoms with E-state index in [0.717, 1.165) is 5.56 Å². The number of hydrogen-bond acceptors (Lipinski definition) is 5. The first-order chi connectivity index (χ1) is 15.3. The zero-order chi connectivity index (χ0) is 22.8. The third-order valence-corrected chi connectivity index (χ3v) is 6.33. The molecule has 0 aliphatic carbocycles. The Hall–Kier alpha value is -3.51. The van der Waals surface area contributed by atoms with Crippen molar-refractivity contribution in [2.75, 3.05) is 0 Å². The van der Waals surface area contributed by atoms with E-state index in [1.54, 1.807) is 60.7 Å². The summed E-state index contributed by atoms with van der Waals surface area (Å²) in [5.74, 6) is -1.41. The molecule has 0 atom stereocenters. The van der Waals surface area contributed by atoms with Crippen molar-refractivity contribution in [1.29, 1.82) is 0 Å². The first kappa shape index (κ1) is 21.7. The number of hydrogen-bond donors (Lipinski definition) is 0. The predicted molar refractivity (Wildman–Crippen MR) is 113 cm³/mol. The molecule has 0 fully saturated rings. The Kier molecular flexibility index (Phi) is 5.80. The molecule has 0 bridgehead atoms. The molecule has 4 rings (SSSR count). The molecule has 4 aromatic rings. The van der Waals surface area contributed by atoms with Gasteiger partial charge in [0.2, 0.25) is 0 Å². The Bertz CT molecular complexity index is 1190. The second kappa shape index (κ2) is 8.55. The molecule has 5 nitrogen and oxygen atoms in total. The van der Waals surface area contributed by atoms with Gasteiger partial charge < -0.3 is 13.6 Å². The fraction of sp³-hybridized carbons (Fsp3) is 0.0870. The second-order valence-electron chi connectivity index (χ2n) is 6.88. The van der Waals surface area contributed by atoms with E-state index in [4.69, 9.17) is 9.05 Å². The van der Waals surface area contributed by atoms with Gasteiger partial charge in [0.1, 0.15) is 17.2 Å². The normalized spacial score (nSPS) is 11.9. The molecule has 1 heterocycles. The highest BCUT2D eigenvalue weighted by atomic mass is 31.2. The van der Waals surface area contributed by atoms with Crippen LogP contribution in [0.5, 0.6) is 11.5 Å². The summed E-state index contributed by atoms with van der Waals surface area (Å²) in [5, 5.41) is 2.81. The summed E-state index contributed by atoms with van der Waals surface area (Å²) in [4.78, 5) is 0. The minimum absolute atomic E-state index is 0.0657. The van der Waals surface area contributed by atoms with Gasteiger partial charge in [-0.15, -0.1) is 0 Å². The molecule has 164 valence electrons. The van der Waals surface area contributed by atoms with Crippen LogP contribution >= 0.6 is 7.60 Å². The molecule has 32 heavy (non-hydrogen) atoms. The molecule has 0 radical (unpaired) electrons. The zero-order valence-corrected chi connectivity index (χ0v) is 17.6. The number of rotatable bonds is 6. The quantitative estimate of drug-likeness (QED) is 0.302. The average Bonchev–Trinajstić information content (AvgIpc) is 3.22. The van der Waals surface area contributed by atoms with Crippen LogP contribution in [-0.4, -0.2) is 5.16 Å². The predicted octanol–water partition coefficient (Wildman–Crippen LogP) is 6.65. The molecule has 0 saturated heterocycles. The van der Waals surface area contributed by atoms with Crippen molar-refractivity contribution < 1.29 is 31.3 Å². The smallest absolute Gasteiger partial charge is 0.413 e. The summed E-state index contributed by atoms with van der Waals surface area (Å²) < 4.78 is 71.6. The van der Waals surface area contributed by atoms with Crippen LogP contribution in [0.15, 0.2) is 89.5 Å². The fourth-order valence-corrected chi connectivity index (χ4v) is 4.84. The number of para-hydroxylation sites is 2. The monoisotopic (exact) mass is 459 g/mol. The molecule has 1 aromatic heterocycles. The molecule has 0 aliphatic heterocycles. The number of halogens is 3. The van der Waals surface area contributed by atoms with E-state index < -0.39 is 24.8 Å². The summed E-state index contributed by atoms with van der Waals surface area (Å²) in [5.41, 5.74) is 0.894. The van der Waals surface area contributed by atoms with E-state index in [0.29, 0.717) is 0 Å². The molecule has 0 amide bonds. The molecule has 3 aromatic carbocycles. The van der Waals surface area contributed by atoms with Gasteiger partial charge in [0.25, 0.3) is 5.76 Å². The van der Waals surface area contributed by atoms with Crippen LogP contribution in [0.3, 0.4) is 0 Å². The van der Waals surface area contributed by atoms with E-state index >= 15 is 0 Å². The maximum atomic E-state index is 14.1. The van der Waals surface area contributed by atoms with Gasteiger partial charge in [0.05, 0.1) is 0 Å². The highest BCUT2D eigenvalue weighted by Crippen LogP contribution is 2.52. The first-order valence-electron chi connectivity index (χ1n) is 9.50. The number of aromatic nitrogens is 1. The molecular formula is C23H17F3NO4P. The fourth-order valence-electron chi connectivity index (χ4n) is 2.98. The topological polar surface area (TPSA) is 61.6 Å². The van der Waals surface area contributed by atoms with Crippen LogP contribution in [0.2, 0.25) is 0 Å². The lowest BCUT2D eigenvalue weighted by molar-refractivity contribution is -0.154. The first-order valence-corrected chi connectivity index (χ1v) is 11.0. The Labute approximate surface area is 181 Å². The highest BCUT2D eigenvalue weighted by molar-refractivity contribution is 7.63. The summed E-state index contributed by atoms with van der Waals surface area (Å²) >= 11 is 0. The van der Waals surface area contributed by atoms with Gasteiger partial charge in [-0.1, -0.05) is 71.4 Å². The summed E-state index contributed by atoms with van der Waals surface area (Å²) in [6.45, 7) is 1.83. The van der Waals surface area contributed by atoms with Crippen LogP contribution in [0.4, 0.5) is 13.2 Å². The Morgan fingerprint density at radius 3 is 1.78 bits per heavy atom. The Balaban J connectivity index is 1.93. The van der Waals surface area contributed by atoms with Crippen LogP contribution in [0.1, 0.15) is 11.3 Å². The van der Waals surface area contributed by atoms with E-state index in [1.165, 1.54) is 24.3 Å². The standard InChI is InChI=1S/C23H17F3NO4P/c1-16-12-14-17(15-13-16)20-21(22(29-27-20)23(24,25)26)32(28,30-18-8-4-2-5-9-18)31-19-10-6-3-7-11-19/h2-15H,1H3. The lowest BCUT2D eigenvalue weighted by Gasteiger charge is -2.21. The van der Waals surface area contributed by atoms with Gasteiger partial charge >= 0.3 is 13.8 Å².